The zero-order valence-electron chi connectivity index (χ0n) is 12.4. The number of aliphatic hydroxyl groups excluding tert-OH is 1. The molecule has 22 heavy (non-hydrogen) atoms. The molecule has 5 heteroatoms. The fourth-order valence-electron chi connectivity index (χ4n) is 2.33. The number of hydrogen-bond acceptors (Lipinski definition) is 4. The smallest absolute Gasteiger partial charge is 0.269 e. The topological polar surface area (TPSA) is 66.6 Å². The monoisotopic (exact) mass is 300 g/mol. The van der Waals surface area contributed by atoms with Crippen molar-refractivity contribution in [1.29, 1.82) is 0 Å². The highest BCUT2D eigenvalue weighted by Crippen LogP contribution is 2.27. The zero-order valence-corrected chi connectivity index (χ0v) is 12.4. The number of rotatable bonds is 8. The number of anilines is 2. The molecule has 0 heterocycles. The summed E-state index contributed by atoms with van der Waals surface area (Å²) >= 11 is 0. The van der Waals surface area contributed by atoms with E-state index < -0.39 is 4.92 Å². The van der Waals surface area contributed by atoms with E-state index in [1.807, 2.05) is 30.3 Å². The molecule has 0 aliphatic heterocycles. The summed E-state index contributed by atoms with van der Waals surface area (Å²) in [7, 11) is 0. The summed E-state index contributed by atoms with van der Waals surface area (Å²) in [6.07, 6.45) is 2.70. The second-order valence-corrected chi connectivity index (χ2v) is 5.04. The Morgan fingerprint density at radius 1 is 0.909 bits per heavy atom. The number of nitro benzene ring substituents is 1. The van der Waals surface area contributed by atoms with Gasteiger partial charge in [-0.2, -0.15) is 0 Å². The molecule has 0 saturated carbocycles. The van der Waals surface area contributed by atoms with Gasteiger partial charge in [0.05, 0.1) is 4.92 Å². The van der Waals surface area contributed by atoms with Crippen LogP contribution in [0.25, 0.3) is 0 Å². The summed E-state index contributed by atoms with van der Waals surface area (Å²) in [5.74, 6) is 0. The number of para-hydroxylation sites is 1. The maximum absolute atomic E-state index is 10.8. The first-order valence-electron chi connectivity index (χ1n) is 7.40. The van der Waals surface area contributed by atoms with Crippen LogP contribution in [-0.2, 0) is 0 Å². The van der Waals surface area contributed by atoms with Gasteiger partial charge in [0, 0.05) is 36.7 Å². The molecule has 5 nitrogen and oxygen atoms in total. The van der Waals surface area contributed by atoms with Crippen LogP contribution in [0.4, 0.5) is 17.1 Å². The van der Waals surface area contributed by atoms with Crippen LogP contribution in [0.1, 0.15) is 19.3 Å². The molecule has 0 amide bonds. The van der Waals surface area contributed by atoms with Crippen molar-refractivity contribution in [3.8, 4) is 0 Å². The third-order valence-electron chi connectivity index (χ3n) is 3.48. The van der Waals surface area contributed by atoms with Crippen molar-refractivity contribution in [3.63, 3.8) is 0 Å². The lowest BCUT2D eigenvalue weighted by Crippen LogP contribution is -2.18. The predicted molar refractivity (Wildman–Crippen MR) is 87.5 cm³/mol. The fraction of sp³-hybridized carbons (Fsp3) is 0.294. The summed E-state index contributed by atoms with van der Waals surface area (Å²) < 4.78 is 0. The van der Waals surface area contributed by atoms with Gasteiger partial charge in [-0.3, -0.25) is 10.1 Å². The minimum absolute atomic E-state index is 0.0945. The number of nitro groups is 1. The number of aliphatic hydroxyl groups is 1. The molecular weight excluding hydrogens is 280 g/mol. The molecule has 0 aliphatic carbocycles. The Morgan fingerprint density at radius 3 is 2.14 bits per heavy atom. The lowest BCUT2D eigenvalue weighted by atomic mass is 10.2. The van der Waals surface area contributed by atoms with Gasteiger partial charge in [-0.1, -0.05) is 18.2 Å². The van der Waals surface area contributed by atoms with E-state index in [4.69, 9.17) is 5.11 Å². The molecule has 2 aromatic carbocycles. The lowest BCUT2D eigenvalue weighted by molar-refractivity contribution is -0.384. The summed E-state index contributed by atoms with van der Waals surface area (Å²) in [6, 6.07) is 16.6. The second kappa shape index (κ2) is 8.14. The van der Waals surface area contributed by atoms with Gasteiger partial charge in [-0.05, 0) is 43.5 Å². The van der Waals surface area contributed by atoms with Gasteiger partial charge in [-0.25, -0.2) is 0 Å². The van der Waals surface area contributed by atoms with E-state index in [9.17, 15) is 10.1 Å². The molecule has 1 N–H and O–H groups in total. The van der Waals surface area contributed by atoms with E-state index >= 15 is 0 Å². The molecule has 0 aromatic heterocycles. The van der Waals surface area contributed by atoms with Crippen LogP contribution in [0.2, 0.25) is 0 Å². The van der Waals surface area contributed by atoms with Crippen molar-refractivity contribution >= 4 is 17.1 Å². The molecule has 2 aromatic rings. The first kappa shape index (κ1) is 16.0. The molecule has 2 rings (SSSR count). The SMILES string of the molecule is O=[N+]([O-])c1ccc(N(CCCCCO)c2ccccc2)cc1. The van der Waals surface area contributed by atoms with Crippen LogP contribution < -0.4 is 4.90 Å². The van der Waals surface area contributed by atoms with Gasteiger partial charge in [-0.15, -0.1) is 0 Å². The average molecular weight is 300 g/mol. The first-order valence-corrected chi connectivity index (χ1v) is 7.40. The van der Waals surface area contributed by atoms with Crippen LogP contribution in [0.5, 0.6) is 0 Å². The Labute approximate surface area is 130 Å². The molecule has 0 saturated heterocycles. The normalized spacial score (nSPS) is 10.4. The van der Waals surface area contributed by atoms with E-state index in [0.29, 0.717) is 0 Å². The highest BCUT2D eigenvalue weighted by Gasteiger charge is 2.11. The van der Waals surface area contributed by atoms with E-state index in [1.54, 1.807) is 12.1 Å². The summed E-state index contributed by atoms with van der Waals surface area (Å²) in [6.45, 7) is 1.02. The second-order valence-electron chi connectivity index (χ2n) is 5.04. The van der Waals surface area contributed by atoms with Gasteiger partial charge < -0.3 is 10.0 Å². The third kappa shape index (κ3) is 4.30. The average Bonchev–Trinajstić information content (AvgIpc) is 2.56. The molecule has 0 spiro atoms. The summed E-state index contributed by atoms with van der Waals surface area (Å²) in [5.41, 5.74) is 2.08. The Balaban J connectivity index is 2.18. The van der Waals surface area contributed by atoms with Gasteiger partial charge >= 0.3 is 0 Å². The van der Waals surface area contributed by atoms with Crippen LogP contribution in [0, 0.1) is 10.1 Å². The van der Waals surface area contributed by atoms with Crippen molar-refractivity contribution in [1.82, 2.24) is 0 Å². The molecular formula is C17H20N2O3. The maximum Gasteiger partial charge on any atom is 0.269 e. The molecule has 116 valence electrons. The highest BCUT2D eigenvalue weighted by atomic mass is 16.6. The van der Waals surface area contributed by atoms with Crippen molar-refractivity contribution in [3.05, 3.63) is 64.7 Å². The van der Waals surface area contributed by atoms with Crippen LogP contribution >= 0.6 is 0 Å². The standard InChI is InChI=1S/C17H20N2O3/c20-14-6-2-5-13-18(15-7-3-1-4-8-15)16-9-11-17(12-10-16)19(21)22/h1,3-4,7-12,20H,2,5-6,13-14H2. The van der Waals surface area contributed by atoms with E-state index in [-0.39, 0.29) is 12.3 Å². The van der Waals surface area contributed by atoms with E-state index in [0.717, 1.165) is 37.2 Å². The van der Waals surface area contributed by atoms with Crippen LogP contribution in [0.3, 0.4) is 0 Å². The quantitative estimate of drug-likeness (QED) is 0.456. The Bertz CT molecular complexity index is 585. The Hall–Kier alpha value is -2.40. The third-order valence-corrected chi connectivity index (χ3v) is 3.48. The maximum atomic E-state index is 10.8. The van der Waals surface area contributed by atoms with Gasteiger partial charge in [0.15, 0.2) is 0 Å². The Kier molecular flexibility index (Phi) is 5.91. The zero-order chi connectivity index (χ0) is 15.8. The predicted octanol–water partition coefficient (Wildman–Crippen LogP) is 3.90. The summed E-state index contributed by atoms with van der Waals surface area (Å²) in [4.78, 5) is 12.5. The molecule has 0 bridgehead atoms. The van der Waals surface area contributed by atoms with Crippen molar-refractivity contribution in [2.24, 2.45) is 0 Å². The summed E-state index contributed by atoms with van der Waals surface area (Å²) in [5, 5.41) is 19.6. The molecule has 0 unspecified atom stereocenters. The lowest BCUT2D eigenvalue weighted by Gasteiger charge is -2.25. The molecule has 0 aliphatic rings. The molecule has 0 fully saturated rings. The highest BCUT2D eigenvalue weighted by molar-refractivity contribution is 5.64. The number of unbranched alkanes of at least 4 members (excludes halogenated alkanes) is 2. The molecule has 0 radical (unpaired) electrons. The van der Waals surface area contributed by atoms with Crippen molar-refractivity contribution in [2.75, 3.05) is 18.1 Å². The van der Waals surface area contributed by atoms with Crippen molar-refractivity contribution < 1.29 is 10.0 Å². The minimum atomic E-state index is -0.391. The van der Waals surface area contributed by atoms with Crippen molar-refractivity contribution in [2.45, 2.75) is 19.3 Å². The Morgan fingerprint density at radius 2 is 1.55 bits per heavy atom. The van der Waals surface area contributed by atoms with Gasteiger partial charge in [0.1, 0.15) is 0 Å². The fourth-order valence-corrected chi connectivity index (χ4v) is 2.33. The van der Waals surface area contributed by atoms with Crippen LogP contribution in [-0.4, -0.2) is 23.2 Å². The minimum Gasteiger partial charge on any atom is -0.396 e. The molecule has 0 atom stereocenters. The van der Waals surface area contributed by atoms with E-state index in [2.05, 4.69) is 4.90 Å². The first-order chi connectivity index (χ1) is 10.7. The van der Waals surface area contributed by atoms with Gasteiger partial charge in [0.25, 0.3) is 5.69 Å². The van der Waals surface area contributed by atoms with Gasteiger partial charge in [0.2, 0.25) is 0 Å². The van der Waals surface area contributed by atoms with E-state index in [1.165, 1.54) is 12.1 Å². The number of hydrogen-bond donors (Lipinski definition) is 1. The number of nitrogens with zero attached hydrogens (tertiary/aromatic N) is 2. The largest absolute Gasteiger partial charge is 0.396 e. The van der Waals surface area contributed by atoms with Crippen LogP contribution in [0.15, 0.2) is 54.6 Å². The number of non-ortho nitro benzene ring substituents is 1. The number of benzene rings is 2.